The van der Waals surface area contributed by atoms with Crippen molar-refractivity contribution in [1.29, 1.82) is 0 Å². The minimum atomic E-state index is -1.36. The third kappa shape index (κ3) is 26.0. The molecule has 0 aromatic rings. The van der Waals surface area contributed by atoms with Crippen molar-refractivity contribution in [3.63, 3.8) is 0 Å². The molecule has 0 heterocycles. The first-order valence-electron chi connectivity index (χ1n) is 16.1. The summed E-state index contributed by atoms with van der Waals surface area (Å²) in [5, 5.41) is -1.16. The van der Waals surface area contributed by atoms with E-state index in [-0.39, 0.29) is 12.2 Å². The van der Waals surface area contributed by atoms with Gasteiger partial charge in [-0.2, -0.15) is 0 Å². The van der Waals surface area contributed by atoms with Gasteiger partial charge in [0.15, 0.2) is 0 Å². The van der Waals surface area contributed by atoms with E-state index in [0.717, 1.165) is 66.3 Å². The number of rotatable bonds is 28. The third-order valence-electron chi connectivity index (χ3n) is 6.53. The van der Waals surface area contributed by atoms with Crippen molar-refractivity contribution in [1.82, 2.24) is 0 Å². The first-order valence-corrected chi connectivity index (χ1v) is 22.9. The van der Waals surface area contributed by atoms with E-state index in [2.05, 4.69) is 45.6 Å². The maximum absolute atomic E-state index is 12.7. The number of hydrogen-bond acceptors (Lipinski definition) is 7. The van der Waals surface area contributed by atoms with Crippen LogP contribution in [0.25, 0.3) is 0 Å². The molecule has 0 aromatic carbocycles. The Morgan fingerprint density at radius 1 is 0.659 bits per heavy atom. The van der Waals surface area contributed by atoms with Crippen LogP contribution in [0.1, 0.15) is 136 Å². The van der Waals surface area contributed by atoms with E-state index in [4.69, 9.17) is 10.9 Å². The molecule has 1 unspecified atom stereocenters. The van der Waals surface area contributed by atoms with Gasteiger partial charge in [-0.25, -0.2) is 0 Å². The molecule has 0 aliphatic carbocycles. The van der Waals surface area contributed by atoms with E-state index in [1.807, 2.05) is 0 Å². The summed E-state index contributed by atoms with van der Waals surface area (Å²) >= 11 is 1.69. The van der Waals surface area contributed by atoms with Gasteiger partial charge in [-0.15, -0.1) is 0 Å². The van der Waals surface area contributed by atoms with Crippen molar-refractivity contribution in [2.24, 2.45) is 0 Å². The molecule has 0 N–H and O–H groups in total. The minimum absolute atomic E-state index is 0.0726. The third-order valence-corrected chi connectivity index (χ3v) is 12.1. The first kappa shape index (κ1) is 40.8. The Labute approximate surface area is 277 Å². The van der Waals surface area contributed by atoms with Gasteiger partial charge in [-0.3, -0.25) is 0 Å². The molecule has 0 aromatic heterocycles. The molecule has 0 saturated heterocycles. The summed E-state index contributed by atoms with van der Waals surface area (Å²) in [7, 11) is 0. The van der Waals surface area contributed by atoms with Crippen LogP contribution in [-0.2, 0) is 25.3 Å². The average Bonchev–Trinajstić information content (AvgIpc) is 2.97. The van der Waals surface area contributed by atoms with Crippen molar-refractivity contribution in [2.75, 3.05) is 6.61 Å². The Morgan fingerprint density at radius 2 is 1.15 bits per heavy atom. The SMILES string of the molecule is CCCCCCCC/C=C\CCCCCCCCOC(=O)C(S)/C(=C/C(=O)[O][Sn][CH2]CCC)C(=O)[O][Sn][CH2]CCC. The van der Waals surface area contributed by atoms with Crippen LogP contribution in [0.4, 0.5) is 0 Å². The van der Waals surface area contributed by atoms with Gasteiger partial charge in [-0.05, 0) is 25.7 Å². The number of hydrogen-bond donors (Lipinski definition) is 1. The second-order valence-corrected chi connectivity index (χ2v) is 16.6. The number of ether oxygens (including phenoxy) is 1. The van der Waals surface area contributed by atoms with E-state index in [1.165, 1.54) is 64.2 Å². The molecule has 0 bridgehead atoms. The number of carbonyl (C=O) groups is 3. The standard InChI is InChI=1S/C24H40O6S.2C4H9.2Sn/c1-2-3-4-5-6-7-8-9-10-11-12-13-14-15-16-17-18-30-24(29)22(31)20(23(27)28)19-21(25)26;2*1-3-4-2;;/h9-10,19,22,31H,2-8,11-18H2,1H3,(H,25,26)(H,27,28);2*1,3-4H2,2H3;;/q;;;2*+1/p-2/b10-9-,20-19-;;;;. The van der Waals surface area contributed by atoms with Gasteiger partial charge < -0.3 is 0 Å². The molecule has 0 rings (SSSR count). The molecule has 234 valence electrons. The molecule has 6 nitrogen and oxygen atoms in total. The van der Waals surface area contributed by atoms with E-state index >= 15 is 0 Å². The van der Waals surface area contributed by atoms with Crippen LogP contribution in [0.2, 0.25) is 8.87 Å². The van der Waals surface area contributed by atoms with Gasteiger partial charge in [0.2, 0.25) is 0 Å². The van der Waals surface area contributed by atoms with Gasteiger partial charge in [0.25, 0.3) is 0 Å². The number of unbranched alkanes of at least 4 members (excludes halogenated alkanes) is 14. The van der Waals surface area contributed by atoms with Crippen molar-refractivity contribution in [2.45, 2.75) is 150 Å². The van der Waals surface area contributed by atoms with Crippen LogP contribution < -0.4 is 0 Å². The summed E-state index contributed by atoms with van der Waals surface area (Å²) in [5.41, 5.74) is -0.0726. The second-order valence-electron chi connectivity index (χ2n) is 10.4. The molecule has 4 radical (unpaired) electrons. The zero-order valence-electron chi connectivity index (χ0n) is 26.1. The van der Waals surface area contributed by atoms with Crippen LogP contribution in [0, 0.1) is 0 Å². The van der Waals surface area contributed by atoms with E-state index < -0.39 is 66.3 Å². The molecular weight excluding hydrogens is 750 g/mol. The zero-order valence-corrected chi connectivity index (χ0v) is 32.7. The Bertz CT molecular complexity index is 729. The molecule has 1 atom stereocenters. The molecule has 9 heteroatoms. The van der Waals surface area contributed by atoms with Gasteiger partial charge >= 0.3 is 203 Å². The molecule has 41 heavy (non-hydrogen) atoms. The fourth-order valence-corrected chi connectivity index (χ4v) is 8.89. The number of carbonyl (C=O) groups excluding carboxylic acids is 3. The van der Waals surface area contributed by atoms with Gasteiger partial charge in [0.05, 0.1) is 0 Å². The van der Waals surface area contributed by atoms with Crippen LogP contribution in [0.15, 0.2) is 23.8 Å². The van der Waals surface area contributed by atoms with Crippen molar-refractivity contribution in [3.05, 3.63) is 23.8 Å². The van der Waals surface area contributed by atoms with Crippen molar-refractivity contribution in [3.8, 4) is 0 Å². The normalized spacial score (nSPS) is 12.4. The topological polar surface area (TPSA) is 78.9 Å². The fraction of sp³-hybridized carbons (Fsp3) is 0.781. The monoisotopic (exact) mass is 808 g/mol. The van der Waals surface area contributed by atoms with Crippen LogP contribution in [0.3, 0.4) is 0 Å². The van der Waals surface area contributed by atoms with Crippen LogP contribution >= 0.6 is 12.6 Å². The van der Waals surface area contributed by atoms with Gasteiger partial charge in [0, 0.05) is 0 Å². The summed E-state index contributed by atoms with van der Waals surface area (Å²) < 4.78 is 18.0. The van der Waals surface area contributed by atoms with Gasteiger partial charge in [0.1, 0.15) is 0 Å². The summed E-state index contributed by atoms with van der Waals surface area (Å²) in [6, 6.07) is 0. The maximum atomic E-state index is 12.7. The van der Waals surface area contributed by atoms with Crippen molar-refractivity contribution >= 4 is 73.6 Å². The number of thiol groups is 1. The fourth-order valence-electron chi connectivity index (χ4n) is 3.93. The first-order chi connectivity index (χ1) is 20.0. The zero-order chi connectivity index (χ0) is 30.4. The van der Waals surface area contributed by atoms with Crippen LogP contribution in [-0.4, -0.2) is 72.9 Å². The Balaban J connectivity index is 4.25. The molecule has 0 amide bonds. The molecule has 0 fully saturated rings. The Hall–Kier alpha value is -0.163. The summed E-state index contributed by atoms with van der Waals surface area (Å²) in [6.45, 7) is 6.71. The van der Waals surface area contributed by atoms with Gasteiger partial charge in [-0.1, -0.05) is 51.2 Å². The quantitative estimate of drug-likeness (QED) is 0.0213. The Morgan fingerprint density at radius 3 is 1.71 bits per heavy atom. The Kier molecular flexibility index (Phi) is 31.1. The van der Waals surface area contributed by atoms with E-state index in [9.17, 15) is 14.4 Å². The molecule has 0 aliphatic rings. The summed E-state index contributed by atoms with van der Waals surface area (Å²) in [4.78, 5) is 37.6. The van der Waals surface area contributed by atoms with E-state index in [1.54, 1.807) is 0 Å². The van der Waals surface area contributed by atoms with Crippen LogP contribution in [0.5, 0.6) is 0 Å². The molecule has 0 saturated carbocycles. The second kappa shape index (κ2) is 31.3. The predicted molar refractivity (Wildman–Crippen MR) is 174 cm³/mol. The summed E-state index contributed by atoms with van der Waals surface area (Å²) in [6.07, 6.45) is 26.9. The van der Waals surface area contributed by atoms with Crippen molar-refractivity contribution < 1.29 is 25.3 Å². The average molecular weight is 806 g/mol. The molecule has 0 spiro atoms. The molecular formula is C32H56O6SSn2. The van der Waals surface area contributed by atoms with E-state index in [0.29, 0.717) is 0 Å². The molecule has 0 aliphatic heterocycles. The summed E-state index contributed by atoms with van der Waals surface area (Å²) in [5.74, 6) is -1.85. The number of esters is 1. The predicted octanol–water partition coefficient (Wildman–Crippen LogP) is 8.55. The number of allylic oxidation sites excluding steroid dienone is 2.